The number of methoxy groups -OCH3 is 1. The number of hydrogen-bond donors (Lipinski definition) is 2. The minimum Gasteiger partial charge on any atom is -0.497 e. The molecule has 0 atom stereocenters. The average molecular weight is 452 g/mol. The Morgan fingerprint density at radius 1 is 1.09 bits per heavy atom. The van der Waals surface area contributed by atoms with Crippen LogP contribution in [0.15, 0.2) is 54.6 Å². The molecule has 8 heteroatoms. The second-order valence-electron chi connectivity index (χ2n) is 8.00. The van der Waals surface area contributed by atoms with Crippen LogP contribution >= 0.6 is 11.5 Å². The van der Waals surface area contributed by atoms with Crippen molar-refractivity contribution < 1.29 is 9.53 Å². The Labute approximate surface area is 193 Å². The maximum atomic E-state index is 12.1. The van der Waals surface area contributed by atoms with Gasteiger partial charge < -0.3 is 20.3 Å². The fourth-order valence-corrected chi connectivity index (χ4v) is 4.55. The summed E-state index contributed by atoms with van der Waals surface area (Å²) in [7, 11) is 1.68. The predicted octanol–water partition coefficient (Wildman–Crippen LogP) is 3.85. The number of anilines is 1. The number of nitrogens with zero attached hydrogens (tertiary/aromatic N) is 3. The number of rotatable bonds is 8. The Morgan fingerprint density at radius 2 is 1.88 bits per heavy atom. The average Bonchev–Trinajstić information content (AvgIpc) is 3.31. The van der Waals surface area contributed by atoms with E-state index in [1.165, 1.54) is 11.5 Å². The van der Waals surface area contributed by atoms with Crippen LogP contribution in [0, 0.1) is 5.92 Å². The molecule has 2 amide bonds. The fraction of sp³-hybridized carbons (Fsp3) is 0.375. The van der Waals surface area contributed by atoms with Crippen LogP contribution in [0.1, 0.15) is 29.8 Å². The lowest BCUT2D eigenvalue weighted by atomic mass is 9.97. The Bertz CT molecular complexity index is 1000. The lowest BCUT2D eigenvalue weighted by molar-refractivity contribution is 0.237. The van der Waals surface area contributed by atoms with Crippen molar-refractivity contribution in [2.75, 3.05) is 31.6 Å². The van der Waals surface area contributed by atoms with Gasteiger partial charge in [-0.1, -0.05) is 42.5 Å². The van der Waals surface area contributed by atoms with Gasteiger partial charge in [-0.15, -0.1) is 0 Å². The van der Waals surface area contributed by atoms with Gasteiger partial charge in [-0.3, -0.25) is 0 Å². The highest BCUT2D eigenvalue weighted by atomic mass is 32.1. The van der Waals surface area contributed by atoms with Gasteiger partial charge in [0.1, 0.15) is 11.6 Å². The van der Waals surface area contributed by atoms with Crippen molar-refractivity contribution in [3.8, 4) is 5.75 Å². The third-order valence-electron chi connectivity index (χ3n) is 5.69. The van der Waals surface area contributed by atoms with E-state index in [4.69, 9.17) is 9.72 Å². The third-order valence-corrected chi connectivity index (χ3v) is 6.50. The molecule has 32 heavy (non-hydrogen) atoms. The highest BCUT2D eigenvalue weighted by Crippen LogP contribution is 2.25. The normalized spacial score (nSPS) is 14.2. The SMILES string of the molecule is COc1cccc(Cc2nsc(N3CCC(CNC(=O)NCc4ccccc4)CC3)n2)c1. The van der Waals surface area contributed by atoms with E-state index in [-0.39, 0.29) is 6.03 Å². The number of urea groups is 1. The number of amides is 2. The van der Waals surface area contributed by atoms with Crippen molar-refractivity contribution >= 4 is 22.7 Å². The van der Waals surface area contributed by atoms with Gasteiger partial charge in [0.25, 0.3) is 0 Å². The third kappa shape index (κ3) is 6.20. The lowest BCUT2D eigenvalue weighted by Gasteiger charge is -2.31. The first kappa shape index (κ1) is 22.1. The van der Waals surface area contributed by atoms with Crippen LogP contribution in [0.4, 0.5) is 9.93 Å². The zero-order chi connectivity index (χ0) is 22.2. The molecule has 0 saturated carbocycles. The van der Waals surface area contributed by atoms with E-state index < -0.39 is 0 Å². The number of aromatic nitrogens is 2. The predicted molar refractivity (Wildman–Crippen MR) is 127 cm³/mol. The largest absolute Gasteiger partial charge is 0.497 e. The molecule has 0 radical (unpaired) electrons. The van der Waals surface area contributed by atoms with Gasteiger partial charge in [0.15, 0.2) is 0 Å². The van der Waals surface area contributed by atoms with Gasteiger partial charge in [-0.2, -0.15) is 4.37 Å². The molecule has 1 aliphatic heterocycles. The Kier molecular flexibility index (Phi) is 7.55. The molecule has 7 nitrogen and oxygen atoms in total. The van der Waals surface area contributed by atoms with Crippen LogP contribution in [-0.4, -0.2) is 42.1 Å². The van der Waals surface area contributed by atoms with Crippen molar-refractivity contribution in [2.24, 2.45) is 5.92 Å². The highest BCUT2D eigenvalue weighted by molar-refractivity contribution is 7.09. The number of carbonyl (C=O) groups excluding carboxylic acids is 1. The molecule has 2 N–H and O–H groups in total. The topological polar surface area (TPSA) is 79.4 Å². The van der Waals surface area contributed by atoms with Crippen LogP contribution in [-0.2, 0) is 13.0 Å². The van der Waals surface area contributed by atoms with E-state index in [1.54, 1.807) is 7.11 Å². The first-order chi connectivity index (χ1) is 15.7. The number of piperidine rings is 1. The maximum absolute atomic E-state index is 12.1. The van der Waals surface area contributed by atoms with E-state index in [0.29, 0.717) is 25.4 Å². The molecular formula is C24H29N5O2S. The summed E-state index contributed by atoms with van der Waals surface area (Å²) in [5.41, 5.74) is 2.24. The second kappa shape index (κ2) is 10.9. The van der Waals surface area contributed by atoms with E-state index >= 15 is 0 Å². The molecule has 4 rings (SSSR count). The number of nitrogens with one attached hydrogen (secondary N) is 2. The Hall–Kier alpha value is -3.13. The summed E-state index contributed by atoms with van der Waals surface area (Å²) < 4.78 is 9.84. The van der Waals surface area contributed by atoms with Crippen molar-refractivity contribution in [2.45, 2.75) is 25.8 Å². The Balaban J connectivity index is 1.19. The summed E-state index contributed by atoms with van der Waals surface area (Å²) in [6.07, 6.45) is 2.76. The summed E-state index contributed by atoms with van der Waals surface area (Å²) in [4.78, 5) is 19.1. The highest BCUT2D eigenvalue weighted by Gasteiger charge is 2.22. The second-order valence-corrected chi connectivity index (χ2v) is 8.73. The van der Waals surface area contributed by atoms with E-state index in [1.807, 2.05) is 48.5 Å². The molecule has 2 heterocycles. The molecule has 2 aromatic carbocycles. The quantitative estimate of drug-likeness (QED) is 0.544. The molecule has 168 valence electrons. The molecule has 0 bridgehead atoms. The monoisotopic (exact) mass is 451 g/mol. The summed E-state index contributed by atoms with van der Waals surface area (Å²) in [5, 5.41) is 6.91. The minimum atomic E-state index is -0.109. The Morgan fingerprint density at radius 3 is 2.66 bits per heavy atom. The van der Waals surface area contributed by atoms with Crippen molar-refractivity contribution in [1.29, 1.82) is 0 Å². The van der Waals surface area contributed by atoms with E-state index in [0.717, 1.165) is 53.8 Å². The number of ether oxygens (including phenoxy) is 1. The number of carbonyl (C=O) groups is 1. The summed E-state index contributed by atoms with van der Waals surface area (Å²) in [6.45, 7) is 3.11. The van der Waals surface area contributed by atoms with Crippen LogP contribution in [0.5, 0.6) is 5.75 Å². The van der Waals surface area contributed by atoms with Crippen molar-refractivity contribution in [3.05, 3.63) is 71.5 Å². The fourth-order valence-electron chi connectivity index (χ4n) is 3.82. The summed E-state index contributed by atoms with van der Waals surface area (Å²) >= 11 is 1.46. The van der Waals surface area contributed by atoms with Crippen molar-refractivity contribution in [3.63, 3.8) is 0 Å². The minimum absolute atomic E-state index is 0.109. The summed E-state index contributed by atoms with van der Waals surface area (Å²) in [5.74, 6) is 2.18. The first-order valence-corrected chi connectivity index (χ1v) is 11.7. The molecular weight excluding hydrogens is 422 g/mol. The van der Waals surface area contributed by atoms with Crippen LogP contribution < -0.4 is 20.3 Å². The van der Waals surface area contributed by atoms with Gasteiger partial charge in [-0.25, -0.2) is 9.78 Å². The van der Waals surface area contributed by atoms with Crippen LogP contribution in [0.3, 0.4) is 0 Å². The first-order valence-electron chi connectivity index (χ1n) is 11.0. The van der Waals surface area contributed by atoms with Gasteiger partial charge in [0.2, 0.25) is 5.13 Å². The number of benzene rings is 2. The maximum Gasteiger partial charge on any atom is 0.315 e. The number of hydrogen-bond acceptors (Lipinski definition) is 6. The van der Waals surface area contributed by atoms with Crippen molar-refractivity contribution in [1.82, 2.24) is 20.0 Å². The van der Waals surface area contributed by atoms with E-state index in [2.05, 4.69) is 26.0 Å². The molecule has 1 aliphatic rings. The molecule has 1 fully saturated rings. The lowest BCUT2D eigenvalue weighted by Crippen LogP contribution is -2.41. The standard InChI is InChI=1S/C24H29N5O2S/c1-31-21-9-5-8-20(14-21)15-22-27-24(32-28-22)29-12-10-19(11-13-29)17-26-23(30)25-16-18-6-3-2-4-7-18/h2-9,14,19H,10-13,15-17H2,1H3,(H2,25,26,30). The molecule has 1 saturated heterocycles. The molecule has 0 spiro atoms. The zero-order valence-corrected chi connectivity index (χ0v) is 19.1. The summed E-state index contributed by atoms with van der Waals surface area (Å²) in [6, 6.07) is 17.8. The smallest absolute Gasteiger partial charge is 0.315 e. The zero-order valence-electron chi connectivity index (χ0n) is 18.3. The van der Waals surface area contributed by atoms with Gasteiger partial charge >= 0.3 is 6.03 Å². The molecule has 3 aromatic rings. The van der Waals surface area contributed by atoms with Crippen LogP contribution in [0.2, 0.25) is 0 Å². The molecule has 1 aromatic heterocycles. The van der Waals surface area contributed by atoms with E-state index in [9.17, 15) is 4.79 Å². The molecule has 0 unspecified atom stereocenters. The van der Waals surface area contributed by atoms with Gasteiger partial charge in [0.05, 0.1) is 7.11 Å². The van der Waals surface area contributed by atoms with Gasteiger partial charge in [0, 0.05) is 44.1 Å². The molecule has 0 aliphatic carbocycles. The van der Waals surface area contributed by atoms with Gasteiger partial charge in [-0.05, 0) is 42.0 Å². The van der Waals surface area contributed by atoms with Crippen LogP contribution in [0.25, 0.3) is 0 Å².